The molecule has 0 radical (unpaired) electrons. The van der Waals surface area contributed by atoms with Gasteiger partial charge in [-0.15, -0.1) is 0 Å². The zero-order chi connectivity index (χ0) is 20.8. The van der Waals surface area contributed by atoms with Gasteiger partial charge in [0.25, 0.3) is 5.91 Å². The van der Waals surface area contributed by atoms with Crippen LogP contribution in [0.25, 0.3) is 0 Å². The number of hydrogen-bond acceptors (Lipinski definition) is 4. The van der Waals surface area contributed by atoms with E-state index in [2.05, 4.69) is 5.32 Å². The highest BCUT2D eigenvalue weighted by atomic mass is 19.1. The second-order valence-corrected chi connectivity index (χ2v) is 6.93. The van der Waals surface area contributed by atoms with Crippen molar-refractivity contribution in [3.05, 3.63) is 65.5 Å². The van der Waals surface area contributed by atoms with Gasteiger partial charge in [-0.1, -0.05) is 30.3 Å². The number of carbonyl (C=O) groups is 2. The third-order valence-corrected chi connectivity index (χ3v) is 5.19. The van der Waals surface area contributed by atoms with E-state index in [9.17, 15) is 14.0 Å². The van der Waals surface area contributed by atoms with Crippen LogP contribution < -0.4 is 10.1 Å². The van der Waals surface area contributed by atoms with Gasteiger partial charge in [-0.3, -0.25) is 9.59 Å². The number of nitrogens with zero attached hydrogens (tertiary/aromatic N) is 1. The molecule has 6 nitrogen and oxygen atoms in total. The number of benzene rings is 2. The zero-order valence-electron chi connectivity index (χ0n) is 16.6. The van der Waals surface area contributed by atoms with Crippen molar-refractivity contribution in [3.63, 3.8) is 0 Å². The molecule has 7 heteroatoms. The van der Waals surface area contributed by atoms with Crippen LogP contribution in [0.1, 0.15) is 21.8 Å². The summed E-state index contributed by atoms with van der Waals surface area (Å²) in [5, 5.41) is 2.86. The Hall–Kier alpha value is -2.93. The summed E-state index contributed by atoms with van der Waals surface area (Å²) in [7, 11) is 3.14. The molecule has 0 aliphatic carbocycles. The van der Waals surface area contributed by atoms with E-state index in [1.165, 1.54) is 17.0 Å². The normalized spacial score (nSPS) is 18.5. The third kappa shape index (κ3) is 4.56. The summed E-state index contributed by atoms with van der Waals surface area (Å²) in [5.41, 5.74) is 0.859. The molecule has 154 valence electrons. The minimum Gasteiger partial charge on any atom is -0.496 e. The van der Waals surface area contributed by atoms with E-state index >= 15 is 0 Å². The first-order valence-corrected chi connectivity index (χ1v) is 9.50. The standard InChI is InChI=1S/C22H25FN2O4/c1-28-12-11-24-21(26)18-14-25(22(27)16-8-3-5-9-19(16)23)13-17(18)15-7-4-6-10-20(15)29-2/h3-10,17-18H,11-14H2,1-2H3,(H,24,26). The third-order valence-electron chi connectivity index (χ3n) is 5.19. The molecule has 1 N–H and O–H groups in total. The summed E-state index contributed by atoms with van der Waals surface area (Å²) in [6, 6.07) is 13.3. The quantitative estimate of drug-likeness (QED) is 0.725. The van der Waals surface area contributed by atoms with Gasteiger partial charge in [0.1, 0.15) is 11.6 Å². The lowest BCUT2D eigenvalue weighted by Gasteiger charge is -2.20. The molecule has 3 rings (SSSR count). The Balaban J connectivity index is 1.88. The van der Waals surface area contributed by atoms with Crippen molar-refractivity contribution in [3.8, 4) is 5.75 Å². The molecule has 2 aromatic rings. The fourth-order valence-corrected chi connectivity index (χ4v) is 3.74. The van der Waals surface area contributed by atoms with Crippen molar-refractivity contribution < 1.29 is 23.5 Å². The van der Waals surface area contributed by atoms with E-state index < -0.39 is 17.6 Å². The molecular weight excluding hydrogens is 375 g/mol. The predicted octanol–water partition coefficient (Wildman–Crippen LogP) is 2.45. The minimum atomic E-state index is -0.570. The summed E-state index contributed by atoms with van der Waals surface area (Å²) < 4.78 is 24.6. The molecule has 2 atom stereocenters. The topological polar surface area (TPSA) is 67.9 Å². The molecule has 1 heterocycles. The van der Waals surface area contributed by atoms with Gasteiger partial charge >= 0.3 is 0 Å². The Morgan fingerprint density at radius 2 is 1.83 bits per heavy atom. The maximum absolute atomic E-state index is 14.1. The van der Waals surface area contributed by atoms with Gasteiger partial charge in [0.15, 0.2) is 0 Å². The van der Waals surface area contributed by atoms with Crippen LogP contribution in [0.3, 0.4) is 0 Å². The highest BCUT2D eigenvalue weighted by Gasteiger charge is 2.41. The van der Waals surface area contributed by atoms with Crippen molar-refractivity contribution in [1.29, 1.82) is 0 Å². The number of carbonyl (C=O) groups excluding carboxylic acids is 2. The SMILES string of the molecule is COCCNC(=O)C1CN(C(=O)c2ccccc2F)CC1c1ccccc1OC. The lowest BCUT2D eigenvalue weighted by Crippen LogP contribution is -2.37. The maximum atomic E-state index is 14.1. The monoisotopic (exact) mass is 400 g/mol. The fraction of sp³-hybridized carbons (Fsp3) is 0.364. The Morgan fingerprint density at radius 3 is 2.55 bits per heavy atom. The second-order valence-electron chi connectivity index (χ2n) is 6.93. The van der Waals surface area contributed by atoms with E-state index in [-0.39, 0.29) is 23.9 Å². The summed E-state index contributed by atoms with van der Waals surface area (Å²) in [6.07, 6.45) is 0. The fourth-order valence-electron chi connectivity index (χ4n) is 3.74. The molecular formula is C22H25FN2O4. The molecule has 0 saturated carbocycles. The van der Waals surface area contributed by atoms with E-state index in [1.54, 1.807) is 26.4 Å². The Bertz CT molecular complexity index is 873. The van der Waals surface area contributed by atoms with Gasteiger partial charge in [0.05, 0.1) is 25.2 Å². The van der Waals surface area contributed by atoms with Crippen LogP contribution >= 0.6 is 0 Å². The average Bonchev–Trinajstić information content (AvgIpc) is 3.19. The van der Waals surface area contributed by atoms with E-state index in [1.807, 2.05) is 24.3 Å². The first-order chi connectivity index (χ1) is 14.1. The summed E-state index contributed by atoms with van der Waals surface area (Å²) >= 11 is 0. The first-order valence-electron chi connectivity index (χ1n) is 9.50. The van der Waals surface area contributed by atoms with Gasteiger partial charge < -0.3 is 19.7 Å². The Labute approximate surface area is 169 Å². The van der Waals surface area contributed by atoms with Gasteiger partial charge in [-0.05, 0) is 23.8 Å². The van der Waals surface area contributed by atoms with E-state index in [4.69, 9.17) is 9.47 Å². The lowest BCUT2D eigenvalue weighted by atomic mass is 9.87. The molecule has 0 bridgehead atoms. The molecule has 1 saturated heterocycles. The van der Waals surface area contributed by atoms with Crippen LogP contribution in [0.15, 0.2) is 48.5 Å². The number of methoxy groups -OCH3 is 2. The van der Waals surface area contributed by atoms with Crippen LogP contribution in [-0.4, -0.2) is 57.2 Å². The number of ether oxygens (including phenoxy) is 2. The van der Waals surface area contributed by atoms with Crippen molar-refractivity contribution in [2.75, 3.05) is 40.5 Å². The predicted molar refractivity (Wildman–Crippen MR) is 106 cm³/mol. The highest BCUT2D eigenvalue weighted by Crippen LogP contribution is 2.38. The smallest absolute Gasteiger partial charge is 0.256 e. The highest BCUT2D eigenvalue weighted by molar-refractivity contribution is 5.95. The zero-order valence-corrected chi connectivity index (χ0v) is 16.6. The van der Waals surface area contributed by atoms with Crippen LogP contribution in [0.5, 0.6) is 5.75 Å². The molecule has 1 aliphatic heterocycles. The second kappa shape index (κ2) is 9.52. The number of amides is 2. The lowest BCUT2D eigenvalue weighted by molar-refractivity contribution is -0.125. The minimum absolute atomic E-state index is 0.00622. The summed E-state index contributed by atoms with van der Waals surface area (Å²) in [6.45, 7) is 1.28. The number of halogens is 1. The van der Waals surface area contributed by atoms with E-state index in [0.717, 1.165) is 5.56 Å². The Kier molecular flexibility index (Phi) is 6.82. The van der Waals surface area contributed by atoms with Gasteiger partial charge in [0, 0.05) is 32.7 Å². The summed E-state index contributed by atoms with van der Waals surface area (Å²) in [4.78, 5) is 27.3. The molecule has 2 amide bonds. The van der Waals surface area contributed by atoms with E-state index in [0.29, 0.717) is 25.4 Å². The van der Waals surface area contributed by atoms with Crippen LogP contribution in [0.4, 0.5) is 4.39 Å². The number of likely N-dealkylation sites (tertiary alicyclic amines) is 1. The van der Waals surface area contributed by atoms with Crippen LogP contribution in [0.2, 0.25) is 0 Å². The van der Waals surface area contributed by atoms with Gasteiger partial charge in [0.2, 0.25) is 5.91 Å². The van der Waals surface area contributed by atoms with Crippen molar-refractivity contribution >= 4 is 11.8 Å². The maximum Gasteiger partial charge on any atom is 0.256 e. The molecule has 2 unspecified atom stereocenters. The average molecular weight is 400 g/mol. The molecule has 0 spiro atoms. The number of nitrogens with one attached hydrogen (secondary N) is 1. The van der Waals surface area contributed by atoms with Gasteiger partial charge in [-0.2, -0.15) is 0 Å². The van der Waals surface area contributed by atoms with Gasteiger partial charge in [-0.25, -0.2) is 4.39 Å². The molecule has 1 aliphatic rings. The molecule has 1 fully saturated rings. The molecule has 29 heavy (non-hydrogen) atoms. The summed E-state index contributed by atoms with van der Waals surface area (Å²) in [5.74, 6) is -1.23. The number of para-hydroxylation sites is 1. The molecule has 0 aromatic heterocycles. The van der Waals surface area contributed by atoms with Crippen molar-refractivity contribution in [2.24, 2.45) is 5.92 Å². The number of rotatable bonds is 7. The van der Waals surface area contributed by atoms with Crippen LogP contribution in [0, 0.1) is 11.7 Å². The number of hydrogen-bond donors (Lipinski definition) is 1. The largest absolute Gasteiger partial charge is 0.496 e. The molecule has 2 aromatic carbocycles. The Morgan fingerprint density at radius 1 is 1.10 bits per heavy atom. The van der Waals surface area contributed by atoms with Crippen molar-refractivity contribution in [1.82, 2.24) is 10.2 Å². The van der Waals surface area contributed by atoms with Crippen molar-refractivity contribution in [2.45, 2.75) is 5.92 Å². The van der Waals surface area contributed by atoms with Crippen LogP contribution in [-0.2, 0) is 9.53 Å². The first kappa shape index (κ1) is 20.8.